The highest BCUT2D eigenvalue weighted by Gasteiger charge is 2.56. The summed E-state index contributed by atoms with van der Waals surface area (Å²) in [4.78, 5) is 36.7. The van der Waals surface area contributed by atoms with Crippen molar-refractivity contribution < 1.29 is 18.7 Å². The van der Waals surface area contributed by atoms with Gasteiger partial charge in [-0.1, -0.05) is 0 Å². The van der Waals surface area contributed by atoms with E-state index in [0.717, 1.165) is 0 Å². The van der Waals surface area contributed by atoms with Crippen LogP contribution in [-0.2, 0) is 9.59 Å². The fourth-order valence-electron chi connectivity index (χ4n) is 3.36. The molecule has 9 heteroatoms. The minimum Gasteiger partial charge on any atom is -0.455 e. The molecule has 2 amide bonds. The van der Waals surface area contributed by atoms with Crippen LogP contribution in [0.1, 0.15) is 12.8 Å². The van der Waals surface area contributed by atoms with E-state index in [4.69, 9.17) is 4.74 Å². The number of benzene rings is 2. The number of pyridine rings is 1. The highest BCUT2D eigenvalue weighted by atomic mass is 19.1. The first-order chi connectivity index (χ1) is 15.5. The Morgan fingerprint density at radius 3 is 2.16 bits per heavy atom. The third-order valence-electron chi connectivity index (χ3n) is 5.35. The molecule has 32 heavy (non-hydrogen) atoms. The van der Waals surface area contributed by atoms with Crippen LogP contribution in [0.3, 0.4) is 0 Å². The molecule has 0 radical (unpaired) electrons. The molecule has 0 unspecified atom stereocenters. The molecule has 4 aromatic rings. The number of carbonyl (C=O) groups is 2. The van der Waals surface area contributed by atoms with Crippen molar-refractivity contribution in [2.45, 2.75) is 12.8 Å². The summed E-state index contributed by atoms with van der Waals surface area (Å²) in [7, 11) is 0. The summed E-state index contributed by atoms with van der Waals surface area (Å²) in [6, 6.07) is 14.0. The standard InChI is InChI=1S/C23H18FN5O3/c24-14-1-3-15(4-2-14)28-21(30)23(10-11-23)22(31)29-16-5-7-17(8-6-16)32-18-9-12-25-20-19(18)26-13-27-20/h1-9,12-13H,10-11H2,(H,28,30)(H,29,31)(H,25,26,27). The summed E-state index contributed by atoms with van der Waals surface area (Å²) in [5, 5.41) is 5.48. The third-order valence-corrected chi connectivity index (χ3v) is 5.35. The SMILES string of the molecule is O=C(Nc1ccc(F)cc1)C1(C(=O)Nc2ccc(Oc3ccnc4nc[nH]c34)cc2)CC1. The number of amides is 2. The van der Waals surface area contributed by atoms with Gasteiger partial charge in [0.2, 0.25) is 11.8 Å². The Labute approximate surface area is 181 Å². The molecule has 0 saturated heterocycles. The smallest absolute Gasteiger partial charge is 0.240 e. The predicted octanol–water partition coefficient (Wildman–Crippen LogP) is 4.25. The van der Waals surface area contributed by atoms with E-state index in [9.17, 15) is 14.0 Å². The fourth-order valence-corrected chi connectivity index (χ4v) is 3.36. The number of fused-ring (bicyclic) bond motifs is 1. The Balaban J connectivity index is 1.24. The lowest BCUT2D eigenvalue weighted by molar-refractivity contribution is -0.131. The lowest BCUT2D eigenvalue weighted by atomic mass is 10.0. The van der Waals surface area contributed by atoms with Gasteiger partial charge in [-0.3, -0.25) is 9.59 Å². The first kappa shape index (κ1) is 19.7. The molecule has 8 nitrogen and oxygen atoms in total. The summed E-state index contributed by atoms with van der Waals surface area (Å²) < 4.78 is 18.9. The number of imidazole rings is 1. The van der Waals surface area contributed by atoms with Crippen LogP contribution in [0.25, 0.3) is 11.2 Å². The van der Waals surface area contributed by atoms with Gasteiger partial charge in [0.1, 0.15) is 22.5 Å². The van der Waals surface area contributed by atoms with Gasteiger partial charge in [0, 0.05) is 23.6 Å². The first-order valence-corrected chi connectivity index (χ1v) is 9.98. The van der Waals surface area contributed by atoms with Gasteiger partial charge in [-0.05, 0) is 61.4 Å². The lowest BCUT2D eigenvalue weighted by Crippen LogP contribution is -2.35. The number of aromatic amines is 1. The van der Waals surface area contributed by atoms with Crippen molar-refractivity contribution in [1.29, 1.82) is 0 Å². The quantitative estimate of drug-likeness (QED) is 0.396. The van der Waals surface area contributed by atoms with E-state index in [1.807, 2.05) is 0 Å². The van der Waals surface area contributed by atoms with Gasteiger partial charge in [0.15, 0.2) is 11.4 Å². The number of ether oxygens (including phenoxy) is 1. The van der Waals surface area contributed by atoms with E-state index in [1.54, 1.807) is 42.9 Å². The van der Waals surface area contributed by atoms with Gasteiger partial charge in [-0.25, -0.2) is 14.4 Å². The van der Waals surface area contributed by atoms with E-state index in [0.29, 0.717) is 46.9 Å². The molecule has 0 spiro atoms. The molecule has 1 aliphatic rings. The van der Waals surface area contributed by atoms with Crippen LogP contribution in [-0.4, -0.2) is 26.8 Å². The number of rotatable bonds is 6. The van der Waals surface area contributed by atoms with Gasteiger partial charge < -0.3 is 20.4 Å². The number of nitrogens with zero attached hydrogens (tertiary/aromatic N) is 2. The van der Waals surface area contributed by atoms with Crippen molar-refractivity contribution in [2.24, 2.45) is 5.41 Å². The molecule has 0 atom stereocenters. The number of hydrogen-bond acceptors (Lipinski definition) is 5. The first-order valence-electron chi connectivity index (χ1n) is 9.98. The Hall–Kier alpha value is -4.27. The zero-order valence-corrected chi connectivity index (χ0v) is 16.8. The van der Waals surface area contributed by atoms with Crippen molar-refractivity contribution in [1.82, 2.24) is 15.0 Å². The average Bonchev–Trinajstić information content (AvgIpc) is 3.48. The van der Waals surface area contributed by atoms with Gasteiger partial charge >= 0.3 is 0 Å². The van der Waals surface area contributed by atoms with Gasteiger partial charge in [0.25, 0.3) is 0 Å². The summed E-state index contributed by atoms with van der Waals surface area (Å²) >= 11 is 0. The zero-order chi connectivity index (χ0) is 22.1. The zero-order valence-electron chi connectivity index (χ0n) is 16.8. The number of anilines is 2. The fraction of sp³-hybridized carbons (Fsp3) is 0.130. The molecule has 3 N–H and O–H groups in total. The van der Waals surface area contributed by atoms with E-state index >= 15 is 0 Å². The van der Waals surface area contributed by atoms with Crippen LogP contribution in [0.15, 0.2) is 67.1 Å². The summed E-state index contributed by atoms with van der Waals surface area (Å²) in [5.74, 6) is -0.0203. The second-order valence-electron chi connectivity index (χ2n) is 7.53. The van der Waals surface area contributed by atoms with Crippen LogP contribution >= 0.6 is 0 Å². The maximum Gasteiger partial charge on any atom is 0.240 e. The van der Waals surface area contributed by atoms with Crippen LogP contribution < -0.4 is 15.4 Å². The highest BCUT2D eigenvalue weighted by molar-refractivity contribution is 6.16. The summed E-state index contributed by atoms with van der Waals surface area (Å²) in [6.45, 7) is 0. The van der Waals surface area contributed by atoms with E-state index in [-0.39, 0.29) is 5.91 Å². The third kappa shape index (κ3) is 3.76. The molecule has 160 valence electrons. The maximum absolute atomic E-state index is 13.1. The molecular formula is C23H18FN5O3. The predicted molar refractivity (Wildman–Crippen MR) is 116 cm³/mol. The lowest BCUT2D eigenvalue weighted by Gasteiger charge is -2.16. The van der Waals surface area contributed by atoms with Gasteiger partial charge in [-0.15, -0.1) is 0 Å². The second-order valence-corrected chi connectivity index (χ2v) is 7.53. The number of aromatic nitrogens is 3. The molecule has 1 saturated carbocycles. The van der Waals surface area contributed by atoms with Crippen molar-refractivity contribution in [3.63, 3.8) is 0 Å². The molecule has 5 rings (SSSR count). The number of H-pyrrole nitrogens is 1. The second kappa shape index (κ2) is 7.77. The van der Waals surface area contributed by atoms with Gasteiger partial charge in [0.05, 0.1) is 6.33 Å². The van der Waals surface area contributed by atoms with Gasteiger partial charge in [-0.2, -0.15) is 0 Å². The van der Waals surface area contributed by atoms with E-state index < -0.39 is 17.1 Å². The Bertz CT molecular complexity index is 1300. The summed E-state index contributed by atoms with van der Waals surface area (Å²) in [5.41, 5.74) is 1.11. The monoisotopic (exact) mass is 431 g/mol. The number of nitrogens with one attached hydrogen (secondary N) is 3. The molecule has 0 aliphatic heterocycles. The maximum atomic E-state index is 13.1. The largest absolute Gasteiger partial charge is 0.455 e. The Morgan fingerprint density at radius 2 is 1.53 bits per heavy atom. The van der Waals surface area contributed by atoms with Crippen LogP contribution in [0.4, 0.5) is 15.8 Å². The molecular weight excluding hydrogens is 413 g/mol. The Morgan fingerprint density at radius 1 is 0.906 bits per heavy atom. The topological polar surface area (TPSA) is 109 Å². The van der Waals surface area contributed by atoms with Crippen molar-refractivity contribution >= 4 is 34.4 Å². The molecule has 0 bridgehead atoms. The molecule has 1 fully saturated rings. The minimum atomic E-state index is -1.12. The molecule has 2 aromatic carbocycles. The minimum absolute atomic E-state index is 0.376. The van der Waals surface area contributed by atoms with Crippen LogP contribution in [0.2, 0.25) is 0 Å². The van der Waals surface area contributed by atoms with Crippen molar-refractivity contribution in [3.8, 4) is 11.5 Å². The Kier molecular flexibility index (Phi) is 4.78. The van der Waals surface area contributed by atoms with E-state index in [2.05, 4.69) is 25.6 Å². The summed E-state index contributed by atoms with van der Waals surface area (Å²) in [6.07, 6.45) is 4.06. The number of hydrogen-bond donors (Lipinski definition) is 3. The van der Waals surface area contributed by atoms with Crippen molar-refractivity contribution in [3.05, 3.63) is 72.9 Å². The van der Waals surface area contributed by atoms with Crippen LogP contribution in [0.5, 0.6) is 11.5 Å². The van der Waals surface area contributed by atoms with Crippen LogP contribution in [0, 0.1) is 11.2 Å². The molecule has 2 heterocycles. The number of halogens is 1. The molecule has 2 aromatic heterocycles. The average molecular weight is 431 g/mol. The van der Waals surface area contributed by atoms with Crippen molar-refractivity contribution in [2.75, 3.05) is 10.6 Å². The van der Waals surface area contributed by atoms with E-state index in [1.165, 1.54) is 24.3 Å². The number of carbonyl (C=O) groups excluding carboxylic acids is 2. The highest BCUT2D eigenvalue weighted by Crippen LogP contribution is 2.47. The molecule has 1 aliphatic carbocycles. The normalized spacial score (nSPS) is 14.0.